The molecule has 2 atom stereocenters. The second kappa shape index (κ2) is 8.47. The third-order valence-electron chi connectivity index (χ3n) is 6.14. The number of hydrogen-bond acceptors (Lipinski definition) is 4. The van der Waals surface area contributed by atoms with Gasteiger partial charge in [-0.3, -0.25) is 19.2 Å². The molecule has 156 valence electrons. The van der Waals surface area contributed by atoms with Gasteiger partial charge in [-0.1, -0.05) is 17.7 Å². The van der Waals surface area contributed by atoms with Crippen molar-refractivity contribution in [1.82, 2.24) is 9.80 Å². The van der Waals surface area contributed by atoms with Gasteiger partial charge in [0.2, 0.25) is 11.8 Å². The molecule has 2 heterocycles. The average Bonchev–Trinajstić information content (AvgIpc) is 3.11. The molecule has 2 saturated heterocycles. The van der Waals surface area contributed by atoms with Crippen molar-refractivity contribution in [2.45, 2.75) is 65.3 Å². The molecule has 2 fully saturated rings. The fourth-order valence-electron chi connectivity index (χ4n) is 4.91. The Morgan fingerprint density at radius 2 is 1.48 bits per heavy atom. The second-order valence-corrected chi connectivity index (χ2v) is 8.65. The third kappa shape index (κ3) is 4.74. The standard InChI is InChI=1S/C23H30N2O4/c1-14-7-15(2)23(16(3)8-14)18(5-6-24-12-19(26)10-21(24)28)9-17(4)25-13-20(27)11-22(25)29/h7-8,17-18H,5-6,9-13H2,1-4H3. The minimum absolute atomic E-state index is 0.00197. The van der Waals surface area contributed by atoms with E-state index in [9.17, 15) is 19.2 Å². The number of carbonyl (C=O) groups excluding carboxylic acids is 4. The van der Waals surface area contributed by atoms with Gasteiger partial charge in [0.1, 0.15) is 0 Å². The summed E-state index contributed by atoms with van der Waals surface area (Å²) in [7, 11) is 0. The Balaban J connectivity index is 1.81. The lowest BCUT2D eigenvalue weighted by Crippen LogP contribution is -2.36. The van der Waals surface area contributed by atoms with Crippen LogP contribution in [0.25, 0.3) is 0 Å². The summed E-state index contributed by atoms with van der Waals surface area (Å²) in [4.78, 5) is 50.8. The van der Waals surface area contributed by atoms with Crippen molar-refractivity contribution in [1.29, 1.82) is 0 Å². The van der Waals surface area contributed by atoms with E-state index in [0.717, 1.165) is 12.8 Å². The molecule has 1 aromatic carbocycles. The van der Waals surface area contributed by atoms with Gasteiger partial charge < -0.3 is 9.80 Å². The van der Waals surface area contributed by atoms with Crippen LogP contribution in [-0.4, -0.2) is 58.9 Å². The smallest absolute Gasteiger partial charge is 0.230 e. The molecule has 2 amide bonds. The highest BCUT2D eigenvalue weighted by Gasteiger charge is 2.33. The maximum absolute atomic E-state index is 12.2. The van der Waals surface area contributed by atoms with Gasteiger partial charge in [0.05, 0.1) is 25.9 Å². The molecular formula is C23H30N2O4. The monoisotopic (exact) mass is 398 g/mol. The van der Waals surface area contributed by atoms with Crippen molar-refractivity contribution in [2.75, 3.05) is 19.6 Å². The summed E-state index contributed by atoms with van der Waals surface area (Å²) < 4.78 is 0. The number of carbonyl (C=O) groups is 4. The summed E-state index contributed by atoms with van der Waals surface area (Å²) in [6, 6.07) is 4.26. The van der Waals surface area contributed by atoms with Gasteiger partial charge in [-0.2, -0.15) is 0 Å². The zero-order valence-electron chi connectivity index (χ0n) is 17.8. The predicted molar refractivity (Wildman–Crippen MR) is 110 cm³/mol. The number of Topliss-reactive ketones (excluding diaryl/α,β-unsaturated/α-hetero) is 2. The van der Waals surface area contributed by atoms with Gasteiger partial charge in [0.15, 0.2) is 11.6 Å². The number of aryl methyl sites for hydroxylation is 3. The van der Waals surface area contributed by atoms with Crippen molar-refractivity contribution >= 4 is 23.4 Å². The molecule has 29 heavy (non-hydrogen) atoms. The Morgan fingerprint density at radius 1 is 0.897 bits per heavy atom. The van der Waals surface area contributed by atoms with Crippen LogP contribution in [0.15, 0.2) is 12.1 Å². The lowest BCUT2D eigenvalue weighted by atomic mass is 9.83. The summed E-state index contributed by atoms with van der Waals surface area (Å²) in [6.45, 7) is 9.19. The van der Waals surface area contributed by atoms with Gasteiger partial charge >= 0.3 is 0 Å². The van der Waals surface area contributed by atoms with Crippen molar-refractivity contribution in [3.8, 4) is 0 Å². The number of benzene rings is 1. The maximum Gasteiger partial charge on any atom is 0.230 e. The molecular weight excluding hydrogens is 368 g/mol. The lowest BCUT2D eigenvalue weighted by Gasteiger charge is -2.31. The molecule has 0 aliphatic carbocycles. The molecule has 0 N–H and O–H groups in total. The molecule has 1 aromatic rings. The van der Waals surface area contributed by atoms with E-state index in [1.807, 2.05) is 6.92 Å². The van der Waals surface area contributed by atoms with Crippen molar-refractivity contribution in [3.05, 3.63) is 34.4 Å². The van der Waals surface area contributed by atoms with Crippen LogP contribution >= 0.6 is 0 Å². The van der Waals surface area contributed by atoms with Gasteiger partial charge in [-0.05, 0) is 63.1 Å². The topological polar surface area (TPSA) is 74.8 Å². The molecule has 0 saturated carbocycles. The number of ketones is 2. The Kier molecular flexibility index (Phi) is 6.20. The fourth-order valence-corrected chi connectivity index (χ4v) is 4.91. The minimum atomic E-state index is -0.0982. The van der Waals surface area contributed by atoms with Crippen molar-refractivity contribution in [2.24, 2.45) is 0 Å². The third-order valence-corrected chi connectivity index (χ3v) is 6.14. The van der Waals surface area contributed by atoms with Crippen LogP contribution in [0.5, 0.6) is 0 Å². The van der Waals surface area contributed by atoms with Crippen molar-refractivity contribution < 1.29 is 19.2 Å². The normalized spacial score (nSPS) is 19.4. The summed E-state index contributed by atoms with van der Waals surface area (Å²) in [5.41, 5.74) is 4.86. The highest BCUT2D eigenvalue weighted by atomic mass is 16.2. The average molecular weight is 399 g/mol. The van der Waals surface area contributed by atoms with E-state index in [1.165, 1.54) is 22.3 Å². The summed E-state index contributed by atoms with van der Waals surface area (Å²) in [5, 5.41) is 0. The Morgan fingerprint density at radius 3 is 2.00 bits per heavy atom. The minimum Gasteiger partial charge on any atom is -0.335 e. The fraction of sp³-hybridized carbons (Fsp3) is 0.565. The van der Waals surface area contributed by atoms with Crippen LogP contribution in [0.1, 0.15) is 60.8 Å². The van der Waals surface area contributed by atoms with Crippen LogP contribution in [0.4, 0.5) is 0 Å². The molecule has 3 rings (SSSR count). The quantitative estimate of drug-likeness (QED) is 0.662. The molecule has 0 aromatic heterocycles. The largest absolute Gasteiger partial charge is 0.335 e. The van der Waals surface area contributed by atoms with E-state index >= 15 is 0 Å². The zero-order valence-corrected chi connectivity index (χ0v) is 17.8. The first-order chi connectivity index (χ1) is 13.7. The van der Waals surface area contributed by atoms with Crippen LogP contribution in [0, 0.1) is 20.8 Å². The lowest BCUT2D eigenvalue weighted by molar-refractivity contribution is -0.129. The Hall–Kier alpha value is -2.50. The van der Waals surface area contributed by atoms with E-state index in [1.54, 1.807) is 9.80 Å². The number of rotatable bonds is 7. The molecule has 0 bridgehead atoms. The summed E-state index contributed by atoms with van der Waals surface area (Å²) >= 11 is 0. The molecule has 6 heteroatoms. The van der Waals surface area contributed by atoms with Gasteiger partial charge in [-0.25, -0.2) is 0 Å². The zero-order chi connectivity index (χ0) is 21.3. The maximum atomic E-state index is 12.2. The first-order valence-electron chi connectivity index (χ1n) is 10.3. The van der Waals surface area contributed by atoms with Crippen LogP contribution in [-0.2, 0) is 19.2 Å². The highest BCUT2D eigenvalue weighted by molar-refractivity contribution is 6.05. The molecule has 6 nitrogen and oxygen atoms in total. The summed E-state index contributed by atoms with van der Waals surface area (Å²) in [6.07, 6.45) is 1.46. The molecule has 0 spiro atoms. The Labute approximate surface area is 172 Å². The molecule has 2 aliphatic rings. The molecule has 0 radical (unpaired) electrons. The number of hydrogen-bond donors (Lipinski definition) is 0. The van der Waals surface area contributed by atoms with E-state index in [4.69, 9.17) is 0 Å². The molecule has 2 unspecified atom stereocenters. The van der Waals surface area contributed by atoms with E-state index < -0.39 is 0 Å². The van der Waals surface area contributed by atoms with E-state index in [0.29, 0.717) is 6.54 Å². The van der Waals surface area contributed by atoms with Gasteiger partial charge in [0, 0.05) is 12.6 Å². The second-order valence-electron chi connectivity index (χ2n) is 8.65. The number of nitrogens with zero attached hydrogens (tertiary/aromatic N) is 2. The first kappa shape index (κ1) is 21.2. The highest BCUT2D eigenvalue weighted by Crippen LogP contribution is 2.33. The van der Waals surface area contributed by atoms with E-state index in [-0.39, 0.29) is 61.3 Å². The summed E-state index contributed by atoms with van der Waals surface area (Å²) in [5.74, 6) is -0.109. The number of likely N-dealkylation sites (tertiary alicyclic amines) is 2. The first-order valence-corrected chi connectivity index (χ1v) is 10.3. The van der Waals surface area contributed by atoms with Crippen LogP contribution < -0.4 is 0 Å². The SMILES string of the molecule is Cc1cc(C)c(C(CCN2CC(=O)CC2=O)CC(C)N2CC(=O)CC2=O)c(C)c1. The van der Waals surface area contributed by atoms with Crippen LogP contribution in [0.3, 0.4) is 0 Å². The van der Waals surface area contributed by atoms with Gasteiger partial charge in [-0.15, -0.1) is 0 Å². The number of amides is 2. The predicted octanol–water partition coefficient (Wildman–Crippen LogP) is 2.47. The molecule has 2 aliphatic heterocycles. The Bertz CT molecular complexity index is 837. The van der Waals surface area contributed by atoms with Gasteiger partial charge in [0.25, 0.3) is 0 Å². The van der Waals surface area contributed by atoms with Crippen molar-refractivity contribution in [3.63, 3.8) is 0 Å². The van der Waals surface area contributed by atoms with E-state index in [2.05, 4.69) is 32.9 Å². The van der Waals surface area contributed by atoms with Crippen LogP contribution in [0.2, 0.25) is 0 Å².